The molecule has 1 aliphatic rings. The summed E-state index contributed by atoms with van der Waals surface area (Å²) in [6.45, 7) is 0.594. The molecule has 0 aromatic heterocycles. The molecule has 2 aromatic rings. The first-order chi connectivity index (χ1) is 12.5. The van der Waals surface area contributed by atoms with Crippen LogP contribution in [0, 0.1) is 0 Å². The SMILES string of the molecule is NC(=O)CCN(Cc1ccccc1)C(=O)C1CC(=O)Nc2ccccc21. The first-order valence-electron chi connectivity index (χ1n) is 8.54. The van der Waals surface area contributed by atoms with Crippen molar-refractivity contribution in [1.29, 1.82) is 0 Å². The summed E-state index contributed by atoms with van der Waals surface area (Å²) in [6.07, 6.45) is 0.177. The second kappa shape index (κ2) is 7.82. The van der Waals surface area contributed by atoms with Gasteiger partial charge in [-0.15, -0.1) is 0 Å². The third kappa shape index (κ3) is 4.08. The summed E-state index contributed by atoms with van der Waals surface area (Å²) in [5.41, 5.74) is 7.69. The topological polar surface area (TPSA) is 92.5 Å². The molecule has 3 amide bonds. The number of nitrogens with two attached hydrogens (primary N) is 1. The van der Waals surface area contributed by atoms with Gasteiger partial charge in [-0.3, -0.25) is 14.4 Å². The van der Waals surface area contributed by atoms with Gasteiger partial charge in [-0.25, -0.2) is 0 Å². The average molecular weight is 351 g/mol. The number of rotatable bonds is 6. The number of nitrogens with one attached hydrogen (secondary N) is 1. The summed E-state index contributed by atoms with van der Waals surface area (Å²) in [6, 6.07) is 16.9. The molecule has 0 saturated carbocycles. The van der Waals surface area contributed by atoms with Crippen molar-refractivity contribution in [3.63, 3.8) is 0 Å². The molecule has 3 rings (SSSR count). The highest BCUT2D eigenvalue weighted by atomic mass is 16.2. The Bertz CT molecular complexity index is 820. The molecule has 3 N–H and O–H groups in total. The molecule has 0 fully saturated rings. The van der Waals surface area contributed by atoms with E-state index in [4.69, 9.17) is 5.73 Å². The zero-order valence-electron chi connectivity index (χ0n) is 14.4. The summed E-state index contributed by atoms with van der Waals surface area (Å²) < 4.78 is 0. The minimum Gasteiger partial charge on any atom is -0.370 e. The predicted octanol–water partition coefficient (Wildman–Crippen LogP) is 2.02. The molecule has 134 valence electrons. The van der Waals surface area contributed by atoms with Gasteiger partial charge in [0, 0.05) is 31.6 Å². The quantitative estimate of drug-likeness (QED) is 0.834. The van der Waals surface area contributed by atoms with Crippen LogP contribution in [0.4, 0.5) is 5.69 Å². The van der Waals surface area contributed by atoms with Crippen molar-refractivity contribution < 1.29 is 14.4 Å². The fraction of sp³-hybridized carbons (Fsp3) is 0.250. The molecule has 26 heavy (non-hydrogen) atoms. The molecule has 6 heteroatoms. The van der Waals surface area contributed by atoms with E-state index >= 15 is 0 Å². The van der Waals surface area contributed by atoms with Gasteiger partial charge in [0.05, 0.1) is 5.92 Å². The molecule has 0 bridgehead atoms. The fourth-order valence-electron chi connectivity index (χ4n) is 3.17. The summed E-state index contributed by atoms with van der Waals surface area (Å²) in [7, 11) is 0. The van der Waals surface area contributed by atoms with Crippen LogP contribution in [0.25, 0.3) is 0 Å². The Kier molecular flexibility index (Phi) is 5.31. The van der Waals surface area contributed by atoms with Gasteiger partial charge in [-0.2, -0.15) is 0 Å². The number of anilines is 1. The summed E-state index contributed by atoms with van der Waals surface area (Å²) in [4.78, 5) is 38.1. The van der Waals surface area contributed by atoms with Crippen LogP contribution in [0.5, 0.6) is 0 Å². The lowest BCUT2D eigenvalue weighted by Crippen LogP contribution is -2.39. The molecule has 2 aromatic carbocycles. The summed E-state index contributed by atoms with van der Waals surface area (Å²) in [5, 5.41) is 2.80. The Labute approximate surface area is 152 Å². The van der Waals surface area contributed by atoms with E-state index in [1.165, 1.54) is 0 Å². The van der Waals surface area contributed by atoms with Gasteiger partial charge in [-0.05, 0) is 17.2 Å². The molecule has 6 nitrogen and oxygen atoms in total. The number of carbonyl (C=O) groups is 3. The summed E-state index contributed by atoms with van der Waals surface area (Å²) >= 11 is 0. The number of nitrogens with zero attached hydrogens (tertiary/aromatic N) is 1. The van der Waals surface area contributed by atoms with Crippen LogP contribution in [-0.4, -0.2) is 29.2 Å². The highest BCUT2D eigenvalue weighted by molar-refractivity contribution is 6.01. The third-order valence-corrected chi connectivity index (χ3v) is 4.45. The number of primary amides is 1. The number of amides is 3. The van der Waals surface area contributed by atoms with E-state index < -0.39 is 11.8 Å². The van der Waals surface area contributed by atoms with Crippen LogP contribution in [0.15, 0.2) is 54.6 Å². The number of benzene rings is 2. The molecule has 1 heterocycles. The van der Waals surface area contributed by atoms with Crippen LogP contribution in [-0.2, 0) is 20.9 Å². The Morgan fingerprint density at radius 2 is 1.77 bits per heavy atom. The first kappa shape index (κ1) is 17.7. The normalized spacial score (nSPS) is 15.7. The van der Waals surface area contributed by atoms with E-state index in [9.17, 15) is 14.4 Å². The Balaban J connectivity index is 1.86. The third-order valence-electron chi connectivity index (χ3n) is 4.45. The van der Waals surface area contributed by atoms with Crippen LogP contribution in [0.1, 0.15) is 29.9 Å². The van der Waals surface area contributed by atoms with Crippen molar-refractivity contribution in [1.82, 2.24) is 4.90 Å². The molecular formula is C20H21N3O3. The predicted molar refractivity (Wildman–Crippen MR) is 98.1 cm³/mol. The standard InChI is InChI=1S/C20H21N3O3/c21-18(24)10-11-23(13-14-6-2-1-3-7-14)20(26)16-12-19(25)22-17-9-5-4-8-15(16)17/h1-9,16H,10-13H2,(H2,21,24)(H,22,25). The maximum Gasteiger partial charge on any atom is 0.231 e. The maximum absolute atomic E-state index is 13.2. The highest BCUT2D eigenvalue weighted by Crippen LogP contribution is 2.33. The molecule has 0 aliphatic carbocycles. The lowest BCUT2D eigenvalue weighted by molar-refractivity contribution is -0.136. The molecular weight excluding hydrogens is 330 g/mol. The first-order valence-corrected chi connectivity index (χ1v) is 8.54. The van der Waals surface area contributed by atoms with Gasteiger partial charge in [-0.1, -0.05) is 48.5 Å². The molecule has 0 radical (unpaired) electrons. The Morgan fingerprint density at radius 1 is 1.08 bits per heavy atom. The van der Waals surface area contributed by atoms with Gasteiger partial charge >= 0.3 is 0 Å². The minimum atomic E-state index is -0.559. The average Bonchev–Trinajstić information content (AvgIpc) is 2.64. The molecule has 0 saturated heterocycles. The van der Waals surface area contributed by atoms with Gasteiger partial charge in [0.2, 0.25) is 17.7 Å². The second-order valence-corrected chi connectivity index (χ2v) is 6.35. The number of carbonyl (C=O) groups excluding carboxylic acids is 3. The Hall–Kier alpha value is -3.15. The minimum absolute atomic E-state index is 0.0825. The van der Waals surface area contributed by atoms with Crippen molar-refractivity contribution in [2.75, 3.05) is 11.9 Å². The highest BCUT2D eigenvalue weighted by Gasteiger charge is 2.33. The molecule has 1 unspecified atom stereocenters. The van der Waals surface area contributed by atoms with Gasteiger partial charge in [0.1, 0.15) is 0 Å². The van der Waals surface area contributed by atoms with E-state index in [-0.39, 0.29) is 31.2 Å². The molecule has 1 atom stereocenters. The number of para-hydroxylation sites is 1. The van der Waals surface area contributed by atoms with E-state index in [2.05, 4.69) is 5.32 Å². The molecule has 0 spiro atoms. The number of fused-ring (bicyclic) bond motifs is 1. The van der Waals surface area contributed by atoms with E-state index in [0.29, 0.717) is 12.2 Å². The van der Waals surface area contributed by atoms with E-state index in [1.807, 2.05) is 48.5 Å². The van der Waals surface area contributed by atoms with Crippen molar-refractivity contribution in [2.45, 2.75) is 25.3 Å². The van der Waals surface area contributed by atoms with E-state index in [0.717, 1.165) is 11.1 Å². The molecule has 1 aliphatic heterocycles. The van der Waals surface area contributed by atoms with Gasteiger partial charge < -0.3 is 16.0 Å². The fourth-order valence-corrected chi connectivity index (χ4v) is 3.17. The zero-order valence-corrected chi connectivity index (χ0v) is 14.4. The number of hydrogen-bond donors (Lipinski definition) is 2. The van der Waals surface area contributed by atoms with Gasteiger partial charge in [0.25, 0.3) is 0 Å². The van der Waals surface area contributed by atoms with Crippen LogP contribution in [0.2, 0.25) is 0 Å². The van der Waals surface area contributed by atoms with Crippen molar-refractivity contribution in [2.24, 2.45) is 5.73 Å². The van der Waals surface area contributed by atoms with Crippen molar-refractivity contribution >= 4 is 23.4 Å². The lowest BCUT2D eigenvalue weighted by Gasteiger charge is -2.30. The maximum atomic E-state index is 13.2. The van der Waals surface area contributed by atoms with Crippen molar-refractivity contribution in [3.8, 4) is 0 Å². The van der Waals surface area contributed by atoms with Crippen LogP contribution in [0.3, 0.4) is 0 Å². The van der Waals surface area contributed by atoms with Crippen LogP contribution < -0.4 is 11.1 Å². The Morgan fingerprint density at radius 3 is 2.50 bits per heavy atom. The summed E-state index contributed by atoms with van der Waals surface area (Å²) in [5.74, 6) is -1.37. The smallest absolute Gasteiger partial charge is 0.231 e. The largest absolute Gasteiger partial charge is 0.370 e. The van der Waals surface area contributed by atoms with Gasteiger partial charge in [0.15, 0.2) is 0 Å². The lowest BCUT2D eigenvalue weighted by atomic mass is 9.89. The number of hydrogen-bond acceptors (Lipinski definition) is 3. The van der Waals surface area contributed by atoms with Crippen molar-refractivity contribution in [3.05, 3.63) is 65.7 Å². The second-order valence-electron chi connectivity index (χ2n) is 6.35. The van der Waals surface area contributed by atoms with E-state index in [1.54, 1.807) is 11.0 Å². The van der Waals surface area contributed by atoms with Crippen LogP contribution >= 0.6 is 0 Å². The monoisotopic (exact) mass is 351 g/mol. The zero-order chi connectivity index (χ0) is 18.5.